The molecule has 1 aliphatic heterocycles. The summed E-state index contributed by atoms with van der Waals surface area (Å²) < 4.78 is 5.20. The van der Waals surface area contributed by atoms with Crippen LogP contribution in [0.4, 0.5) is 0 Å². The molecule has 1 N–H and O–H groups in total. The summed E-state index contributed by atoms with van der Waals surface area (Å²) in [6, 6.07) is 11.9. The summed E-state index contributed by atoms with van der Waals surface area (Å²) in [6.45, 7) is 7.55. The summed E-state index contributed by atoms with van der Waals surface area (Å²) in [6.07, 6.45) is 3.87. The van der Waals surface area contributed by atoms with Gasteiger partial charge in [-0.15, -0.1) is 0 Å². The number of furan rings is 1. The van der Waals surface area contributed by atoms with E-state index in [1.807, 2.05) is 0 Å². The zero-order valence-corrected chi connectivity index (χ0v) is 17.0. The maximum atomic E-state index is 12.9. The van der Waals surface area contributed by atoms with E-state index >= 15 is 0 Å². The Kier molecular flexibility index (Phi) is 6.55. The first-order valence-electron chi connectivity index (χ1n) is 10.2. The fraction of sp³-hybridized carbons (Fsp3) is 0.478. The van der Waals surface area contributed by atoms with Crippen molar-refractivity contribution in [2.75, 3.05) is 13.1 Å². The molecule has 1 fully saturated rings. The number of hydrogen-bond donors (Lipinski definition) is 1. The van der Waals surface area contributed by atoms with E-state index in [2.05, 4.69) is 50.4 Å². The smallest absolute Gasteiger partial charge is 0.289 e. The number of amides is 2. The lowest BCUT2D eigenvalue weighted by molar-refractivity contribution is -0.127. The van der Waals surface area contributed by atoms with Crippen LogP contribution in [-0.2, 0) is 11.2 Å². The van der Waals surface area contributed by atoms with Gasteiger partial charge in [-0.1, -0.05) is 45.0 Å². The highest BCUT2D eigenvalue weighted by molar-refractivity contribution is 5.91. The number of nitrogens with one attached hydrogen (secondary N) is 1. The molecule has 2 amide bonds. The topological polar surface area (TPSA) is 62.6 Å². The van der Waals surface area contributed by atoms with Crippen LogP contribution in [0.15, 0.2) is 47.1 Å². The lowest BCUT2D eigenvalue weighted by Crippen LogP contribution is -2.44. The highest BCUT2D eigenvalue weighted by atomic mass is 16.3. The summed E-state index contributed by atoms with van der Waals surface area (Å²) in [5.74, 6) is 0.593. The number of rotatable bonds is 6. The summed E-state index contributed by atoms with van der Waals surface area (Å²) in [4.78, 5) is 27.0. The Labute approximate surface area is 167 Å². The first-order valence-corrected chi connectivity index (χ1v) is 10.2. The van der Waals surface area contributed by atoms with Crippen LogP contribution in [0.5, 0.6) is 0 Å². The van der Waals surface area contributed by atoms with E-state index in [1.165, 1.54) is 11.8 Å². The molecule has 1 unspecified atom stereocenters. The number of piperidine rings is 1. The van der Waals surface area contributed by atoms with Crippen LogP contribution < -0.4 is 5.32 Å². The van der Waals surface area contributed by atoms with Crippen LogP contribution in [0.25, 0.3) is 0 Å². The molecule has 0 saturated carbocycles. The van der Waals surface area contributed by atoms with Gasteiger partial charge in [-0.05, 0) is 48.4 Å². The molecule has 1 atom stereocenters. The molecule has 1 saturated heterocycles. The molecule has 5 nitrogen and oxygen atoms in total. The fourth-order valence-electron chi connectivity index (χ4n) is 3.77. The molecular formula is C23H30N2O3. The number of likely N-dealkylation sites (tertiary alicyclic amines) is 1. The molecule has 1 aromatic heterocycles. The fourth-order valence-corrected chi connectivity index (χ4v) is 3.77. The molecule has 0 radical (unpaired) electrons. The lowest BCUT2D eigenvalue weighted by atomic mass is 9.91. The number of hydrogen-bond acceptors (Lipinski definition) is 3. The maximum absolute atomic E-state index is 12.9. The van der Waals surface area contributed by atoms with E-state index in [1.54, 1.807) is 17.0 Å². The van der Waals surface area contributed by atoms with E-state index in [0.717, 1.165) is 12.0 Å². The van der Waals surface area contributed by atoms with Gasteiger partial charge in [-0.2, -0.15) is 0 Å². The quantitative estimate of drug-likeness (QED) is 0.814. The third-order valence-electron chi connectivity index (χ3n) is 5.60. The van der Waals surface area contributed by atoms with Gasteiger partial charge in [-0.3, -0.25) is 9.59 Å². The van der Waals surface area contributed by atoms with Crippen LogP contribution in [0, 0.1) is 11.8 Å². The van der Waals surface area contributed by atoms with Crippen LogP contribution in [0.3, 0.4) is 0 Å². The largest absolute Gasteiger partial charge is 0.459 e. The number of aryl methyl sites for hydroxylation is 1. The van der Waals surface area contributed by atoms with E-state index < -0.39 is 0 Å². The van der Waals surface area contributed by atoms with Crippen LogP contribution in [0.2, 0.25) is 0 Å². The molecule has 0 spiro atoms. The summed E-state index contributed by atoms with van der Waals surface area (Å²) in [5, 5.41) is 3.25. The molecule has 28 heavy (non-hydrogen) atoms. The molecule has 1 aliphatic rings. The zero-order valence-electron chi connectivity index (χ0n) is 17.0. The van der Waals surface area contributed by atoms with Crippen molar-refractivity contribution in [1.82, 2.24) is 10.2 Å². The second kappa shape index (κ2) is 9.09. The summed E-state index contributed by atoms with van der Waals surface area (Å²) in [7, 11) is 0. The minimum Gasteiger partial charge on any atom is -0.459 e. The Balaban J connectivity index is 1.58. The molecule has 3 rings (SSSR count). The van der Waals surface area contributed by atoms with Crippen molar-refractivity contribution >= 4 is 11.8 Å². The van der Waals surface area contributed by atoms with Crippen molar-refractivity contribution in [2.24, 2.45) is 11.8 Å². The van der Waals surface area contributed by atoms with E-state index in [-0.39, 0.29) is 23.8 Å². The minimum absolute atomic E-state index is 0.00110. The molecule has 5 heteroatoms. The molecule has 0 bridgehead atoms. The second-order valence-corrected chi connectivity index (χ2v) is 7.87. The molecule has 1 aromatic carbocycles. The van der Waals surface area contributed by atoms with Crippen molar-refractivity contribution in [2.45, 2.75) is 46.1 Å². The zero-order chi connectivity index (χ0) is 20.1. The van der Waals surface area contributed by atoms with E-state index in [0.29, 0.717) is 37.6 Å². The average molecular weight is 383 g/mol. The Hall–Kier alpha value is -2.56. The van der Waals surface area contributed by atoms with E-state index in [9.17, 15) is 9.59 Å². The van der Waals surface area contributed by atoms with Crippen molar-refractivity contribution in [3.05, 3.63) is 59.5 Å². The maximum Gasteiger partial charge on any atom is 0.289 e. The van der Waals surface area contributed by atoms with Crippen molar-refractivity contribution in [3.63, 3.8) is 0 Å². The third-order valence-corrected chi connectivity index (χ3v) is 5.60. The normalized spacial score (nSPS) is 16.2. The lowest BCUT2D eigenvalue weighted by Gasteiger charge is -2.32. The van der Waals surface area contributed by atoms with Crippen LogP contribution in [0.1, 0.15) is 61.3 Å². The van der Waals surface area contributed by atoms with Crippen LogP contribution >= 0.6 is 0 Å². The number of carbonyl (C=O) groups excluding carboxylic acids is 2. The van der Waals surface area contributed by atoms with Crippen LogP contribution in [-0.4, -0.2) is 29.8 Å². The minimum atomic E-state index is -0.0973. The van der Waals surface area contributed by atoms with Crippen molar-refractivity contribution in [3.8, 4) is 0 Å². The Bertz CT molecular complexity index is 773. The van der Waals surface area contributed by atoms with Gasteiger partial charge in [0.1, 0.15) is 0 Å². The van der Waals surface area contributed by atoms with Gasteiger partial charge < -0.3 is 14.6 Å². The molecule has 2 aromatic rings. The van der Waals surface area contributed by atoms with Crippen molar-refractivity contribution < 1.29 is 14.0 Å². The summed E-state index contributed by atoms with van der Waals surface area (Å²) in [5.41, 5.74) is 2.44. The van der Waals surface area contributed by atoms with Gasteiger partial charge in [0.25, 0.3) is 5.91 Å². The first-order chi connectivity index (χ1) is 13.5. The Morgan fingerprint density at radius 1 is 1.14 bits per heavy atom. The number of carbonyl (C=O) groups is 2. The number of nitrogens with zero attached hydrogens (tertiary/aromatic N) is 1. The van der Waals surface area contributed by atoms with E-state index in [4.69, 9.17) is 4.42 Å². The molecule has 0 aliphatic carbocycles. The predicted molar refractivity (Wildman–Crippen MR) is 109 cm³/mol. The highest BCUT2D eigenvalue weighted by Crippen LogP contribution is 2.25. The first kappa shape index (κ1) is 20.2. The van der Waals surface area contributed by atoms with Gasteiger partial charge in [0.2, 0.25) is 5.91 Å². The molecule has 150 valence electrons. The van der Waals surface area contributed by atoms with Crippen molar-refractivity contribution in [1.29, 1.82) is 0 Å². The predicted octanol–water partition coefficient (Wildman–Crippen LogP) is 4.21. The van der Waals surface area contributed by atoms with Gasteiger partial charge in [0.15, 0.2) is 5.76 Å². The third kappa shape index (κ3) is 4.64. The monoisotopic (exact) mass is 382 g/mol. The Morgan fingerprint density at radius 3 is 2.36 bits per heavy atom. The van der Waals surface area contributed by atoms with Gasteiger partial charge in [0.05, 0.1) is 12.3 Å². The van der Waals surface area contributed by atoms with Gasteiger partial charge >= 0.3 is 0 Å². The standard InChI is InChI=1S/C23H30N2O3/c1-4-17-7-9-18(10-8-17)21(16(2)3)24-22(26)19-11-13-25(14-12-19)23(27)20-6-5-15-28-20/h5-10,15-16,19,21H,4,11-14H2,1-3H3,(H,24,26). The second-order valence-electron chi connectivity index (χ2n) is 7.87. The van der Waals surface area contributed by atoms with Gasteiger partial charge in [-0.25, -0.2) is 0 Å². The average Bonchev–Trinajstić information content (AvgIpc) is 3.26. The SMILES string of the molecule is CCc1ccc(C(NC(=O)C2CCN(C(=O)c3ccco3)CC2)C(C)C)cc1. The number of benzene rings is 1. The molecule has 2 heterocycles. The Morgan fingerprint density at radius 2 is 1.82 bits per heavy atom. The summed E-state index contributed by atoms with van der Waals surface area (Å²) >= 11 is 0. The molecular weight excluding hydrogens is 352 g/mol. The van der Waals surface area contributed by atoms with Gasteiger partial charge in [0, 0.05) is 19.0 Å². The highest BCUT2D eigenvalue weighted by Gasteiger charge is 2.30.